The van der Waals surface area contributed by atoms with Crippen LogP contribution in [0.1, 0.15) is 45.1 Å². The lowest BCUT2D eigenvalue weighted by atomic mass is 9.89. The molecule has 2 rings (SSSR count). The topological polar surface area (TPSA) is 21.3 Å². The average molecular weight is 405 g/mol. The minimum absolute atomic E-state index is 0.353. The zero-order valence-electron chi connectivity index (χ0n) is 12.2. The lowest BCUT2D eigenvalue weighted by Gasteiger charge is -2.28. The highest BCUT2D eigenvalue weighted by Crippen LogP contribution is 2.37. The second kappa shape index (κ2) is 7.81. The van der Waals surface area contributed by atoms with E-state index in [-0.39, 0.29) is 0 Å². The van der Waals surface area contributed by atoms with E-state index < -0.39 is 0 Å². The summed E-state index contributed by atoms with van der Waals surface area (Å²) in [5, 5.41) is 3.34. The Balaban J connectivity index is 2.07. The van der Waals surface area contributed by atoms with Crippen LogP contribution in [0.25, 0.3) is 0 Å². The fourth-order valence-electron chi connectivity index (χ4n) is 2.75. The van der Waals surface area contributed by atoms with Crippen molar-refractivity contribution in [2.75, 3.05) is 6.54 Å². The molecule has 1 fully saturated rings. The number of hydrogen-bond donors (Lipinski definition) is 1. The molecule has 0 radical (unpaired) electrons. The maximum Gasteiger partial charge on any atom is 0.148 e. The Hall–Kier alpha value is -0.0600. The van der Waals surface area contributed by atoms with Gasteiger partial charge in [-0.25, -0.2) is 0 Å². The third-order valence-electron chi connectivity index (χ3n) is 3.81. The highest BCUT2D eigenvalue weighted by Gasteiger charge is 2.22. The van der Waals surface area contributed by atoms with Gasteiger partial charge in [-0.1, -0.05) is 20.3 Å². The standard InChI is InChI=1S/C16H23Br2NO/c1-3-19-10-12-8-14(17)16(15(18)9-12)20-13-6-4-5-11(2)7-13/h8-9,11,13,19H,3-7,10H2,1-2H3. The molecule has 0 aliphatic heterocycles. The summed E-state index contributed by atoms with van der Waals surface area (Å²) in [5.41, 5.74) is 1.26. The molecule has 0 aromatic heterocycles. The van der Waals surface area contributed by atoms with Gasteiger partial charge in [0, 0.05) is 6.54 Å². The molecular weight excluding hydrogens is 382 g/mol. The number of halogens is 2. The van der Waals surface area contributed by atoms with Crippen LogP contribution in [0.2, 0.25) is 0 Å². The van der Waals surface area contributed by atoms with Crippen molar-refractivity contribution in [2.45, 2.75) is 52.2 Å². The molecule has 2 unspecified atom stereocenters. The van der Waals surface area contributed by atoms with Crippen LogP contribution in [0.4, 0.5) is 0 Å². The van der Waals surface area contributed by atoms with Crippen LogP contribution < -0.4 is 10.1 Å². The molecule has 1 aromatic rings. The Kier molecular flexibility index (Phi) is 6.37. The van der Waals surface area contributed by atoms with Crippen molar-refractivity contribution in [1.82, 2.24) is 5.32 Å². The molecule has 1 saturated carbocycles. The van der Waals surface area contributed by atoms with Crippen LogP contribution in [0.5, 0.6) is 5.75 Å². The van der Waals surface area contributed by atoms with Gasteiger partial charge in [0.25, 0.3) is 0 Å². The van der Waals surface area contributed by atoms with E-state index in [2.05, 4.69) is 63.2 Å². The molecule has 1 aromatic carbocycles. The zero-order chi connectivity index (χ0) is 14.5. The molecule has 0 heterocycles. The van der Waals surface area contributed by atoms with Gasteiger partial charge in [-0.3, -0.25) is 0 Å². The summed E-state index contributed by atoms with van der Waals surface area (Å²) in [6.07, 6.45) is 5.30. The monoisotopic (exact) mass is 403 g/mol. The number of nitrogens with one attached hydrogen (secondary N) is 1. The van der Waals surface area contributed by atoms with Crippen molar-refractivity contribution < 1.29 is 4.74 Å². The Morgan fingerprint density at radius 2 is 1.95 bits per heavy atom. The van der Waals surface area contributed by atoms with Gasteiger partial charge in [-0.2, -0.15) is 0 Å². The quantitative estimate of drug-likeness (QED) is 0.720. The molecular formula is C16H23Br2NO. The molecule has 0 bridgehead atoms. The van der Waals surface area contributed by atoms with E-state index in [0.717, 1.165) is 40.1 Å². The van der Waals surface area contributed by atoms with Gasteiger partial charge in [0.1, 0.15) is 5.75 Å². The predicted molar refractivity (Wildman–Crippen MR) is 91.3 cm³/mol. The van der Waals surface area contributed by atoms with Gasteiger partial charge in [0.05, 0.1) is 15.0 Å². The SMILES string of the molecule is CCNCc1cc(Br)c(OC2CCCC(C)C2)c(Br)c1. The molecule has 1 aliphatic carbocycles. The molecule has 0 spiro atoms. The Morgan fingerprint density at radius 3 is 2.55 bits per heavy atom. The summed E-state index contributed by atoms with van der Waals surface area (Å²) in [4.78, 5) is 0. The molecule has 4 heteroatoms. The summed E-state index contributed by atoms with van der Waals surface area (Å²) in [6.45, 7) is 6.30. The minimum atomic E-state index is 0.353. The van der Waals surface area contributed by atoms with Gasteiger partial charge in [-0.05, 0) is 81.3 Å². The van der Waals surface area contributed by atoms with Crippen LogP contribution in [-0.2, 0) is 6.54 Å². The van der Waals surface area contributed by atoms with Crippen molar-refractivity contribution in [2.24, 2.45) is 5.92 Å². The number of ether oxygens (including phenoxy) is 1. The van der Waals surface area contributed by atoms with Gasteiger partial charge < -0.3 is 10.1 Å². The molecule has 0 amide bonds. The largest absolute Gasteiger partial charge is 0.488 e. The molecule has 0 saturated heterocycles. The van der Waals surface area contributed by atoms with Crippen molar-refractivity contribution in [3.05, 3.63) is 26.6 Å². The summed E-state index contributed by atoms with van der Waals surface area (Å²) < 4.78 is 8.31. The van der Waals surface area contributed by atoms with Crippen molar-refractivity contribution >= 4 is 31.9 Å². The number of hydrogen-bond acceptors (Lipinski definition) is 2. The van der Waals surface area contributed by atoms with E-state index in [1.807, 2.05) is 0 Å². The molecule has 2 atom stereocenters. The lowest BCUT2D eigenvalue weighted by molar-refractivity contribution is 0.127. The molecule has 1 N–H and O–H groups in total. The summed E-state index contributed by atoms with van der Waals surface area (Å²) >= 11 is 7.30. The predicted octanol–water partition coefficient (Wildman–Crippen LogP) is 5.28. The fourth-order valence-corrected chi connectivity index (χ4v) is 4.22. The summed E-state index contributed by atoms with van der Waals surface area (Å²) in [7, 11) is 0. The van der Waals surface area contributed by atoms with Crippen LogP contribution >= 0.6 is 31.9 Å². The second-order valence-electron chi connectivity index (χ2n) is 5.68. The number of benzene rings is 1. The highest BCUT2D eigenvalue weighted by molar-refractivity contribution is 9.11. The van der Waals surface area contributed by atoms with Crippen LogP contribution in [0, 0.1) is 5.92 Å². The van der Waals surface area contributed by atoms with Crippen molar-refractivity contribution in [3.8, 4) is 5.75 Å². The first-order chi connectivity index (χ1) is 9.60. The Morgan fingerprint density at radius 1 is 1.25 bits per heavy atom. The second-order valence-corrected chi connectivity index (χ2v) is 7.39. The third kappa shape index (κ3) is 4.47. The van der Waals surface area contributed by atoms with Gasteiger partial charge in [-0.15, -0.1) is 0 Å². The minimum Gasteiger partial charge on any atom is -0.488 e. The third-order valence-corrected chi connectivity index (χ3v) is 4.99. The maximum atomic E-state index is 6.23. The first kappa shape index (κ1) is 16.3. The fraction of sp³-hybridized carbons (Fsp3) is 0.625. The van der Waals surface area contributed by atoms with E-state index in [1.54, 1.807) is 0 Å². The highest BCUT2D eigenvalue weighted by atomic mass is 79.9. The van der Waals surface area contributed by atoms with Crippen LogP contribution in [0.15, 0.2) is 21.1 Å². The smallest absolute Gasteiger partial charge is 0.148 e. The first-order valence-electron chi connectivity index (χ1n) is 7.45. The van der Waals surface area contributed by atoms with E-state index in [4.69, 9.17) is 4.74 Å². The summed E-state index contributed by atoms with van der Waals surface area (Å²) in [5.74, 6) is 1.73. The van der Waals surface area contributed by atoms with E-state index in [0.29, 0.717) is 6.10 Å². The van der Waals surface area contributed by atoms with Crippen LogP contribution in [0.3, 0.4) is 0 Å². The lowest BCUT2D eigenvalue weighted by Crippen LogP contribution is -2.24. The summed E-state index contributed by atoms with van der Waals surface area (Å²) in [6, 6.07) is 4.30. The maximum absolute atomic E-state index is 6.23. The Labute approximate surface area is 138 Å². The van der Waals surface area contributed by atoms with E-state index in [1.165, 1.54) is 24.8 Å². The van der Waals surface area contributed by atoms with Gasteiger partial charge in [0.15, 0.2) is 0 Å². The molecule has 1 aliphatic rings. The Bertz CT molecular complexity index is 427. The molecule has 20 heavy (non-hydrogen) atoms. The van der Waals surface area contributed by atoms with Crippen LogP contribution in [-0.4, -0.2) is 12.6 Å². The van der Waals surface area contributed by atoms with Gasteiger partial charge in [0.2, 0.25) is 0 Å². The van der Waals surface area contributed by atoms with Crippen molar-refractivity contribution in [1.29, 1.82) is 0 Å². The number of rotatable bonds is 5. The molecule has 2 nitrogen and oxygen atoms in total. The van der Waals surface area contributed by atoms with E-state index >= 15 is 0 Å². The van der Waals surface area contributed by atoms with Crippen molar-refractivity contribution in [3.63, 3.8) is 0 Å². The zero-order valence-corrected chi connectivity index (χ0v) is 15.4. The first-order valence-corrected chi connectivity index (χ1v) is 9.04. The molecule has 112 valence electrons. The average Bonchev–Trinajstić information content (AvgIpc) is 2.40. The van der Waals surface area contributed by atoms with E-state index in [9.17, 15) is 0 Å². The van der Waals surface area contributed by atoms with Gasteiger partial charge >= 0.3 is 0 Å². The normalized spacial score (nSPS) is 22.8.